The van der Waals surface area contributed by atoms with Gasteiger partial charge in [0, 0.05) is 23.7 Å². The van der Waals surface area contributed by atoms with Crippen LogP contribution in [0.3, 0.4) is 0 Å². The van der Waals surface area contributed by atoms with Crippen LogP contribution in [0.5, 0.6) is 5.75 Å². The van der Waals surface area contributed by atoms with Crippen LogP contribution in [-0.4, -0.2) is 31.5 Å². The zero-order valence-corrected chi connectivity index (χ0v) is 23.0. The fourth-order valence-electron chi connectivity index (χ4n) is 4.23. The summed E-state index contributed by atoms with van der Waals surface area (Å²) in [5.74, 6) is 0.700. The highest BCUT2D eigenvalue weighted by Crippen LogP contribution is 2.32. The van der Waals surface area contributed by atoms with Crippen LogP contribution in [0.25, 0.3) is 28.0 Å². The number of fused-ring (bicyclic) bond motifs is 1. The van der Waals surface area contributed by atoms with Gasteiger partial charge in [0.2, 0.25) is 4.96 Å². The third-order valence-corrected chi connectivity index (χ3v) is 7.72. The van der Waals surface area contributed by atoms with Crippen molar-refractivity contribution in [1.82, 2.24) is 24.4 Å². The van der Waals surface area contributed by atoms with Gasteiger partial charge < -0.3 is 4.74 Å². The van der Waals surface area contributed by atoms with Gasteiger partial charge in [0.15, 0.2) is 0 Å². The van der Waals surface area contributed by atoms with Crippen molar-refractivity contribution in [3.05, 3.63) is 132 Å². The lowest BCUT2D eigenvalue weighted by molar-refractivity contribution is 0.412. The molecule has 0 aliphatic heterocycles. The number of ether oxygens (including phenoxy) is 1. The predicted octanol–water partition coefficient (Wildman–Crippen LogP) is 4.27. The van der Waals surface area contributed by atoms with Gasteiger partial charge in [-0.1, -0.05) is 59.9 Å². The molecule has 0 fully saturated rings. The third kappa shape index (κ3) is 4.91. The van der Waals surface area contributed by atoms with Gasteiger partial charge in [-0.2, -0.15) is 19.7 Å². The molecule has 0 aliphatic rings. The molecule has 0 saturated carbocycles. The molecule has 0 aliphatic carbocycles. The van der Waals surface area contributed by atoms with E-state index in [-0.39, 0.29) is 16.2 Å². The van der Waals surface area contributed by atoms with Crippen LogP contribution < -0.4 is 20.4 Å². The third-order valence-electron chi connectivity index (χ3n) is 6.14. The molecule has 0 N–H and O–H groups in total. The molecule has 192 valence electrons. The van der Waals surface area contributed by atoms with E-state index in [0.29, 0.717) is 22.4 Å². The molecule has 0 saturated heterocycles. The summed E-state index contributed by atoms with van der Waals surface area (Å²) in [5, 5.41) is 9.22. The smallest absolute Gasteiger partial charge is 0.296 e. The van der Waals surface area contributed by atoms with Gasteiger partial charge in [-0.05, 0) is 57.9 Å². The first-order chi connectivity index (χ1) is 19.0. The second kappa shape index (κ2) is 10.4. The molecule has 0 atom stereocenters. The number of methoxy groups -OCH3 is 1. The van der Waals surface area contributed by atoms with E-state index in [0.717, 1.165) is 38.2 Å². The van der Waals surface area contributed by atoms with Gasteiger partial charge in [0.25, 0.3) is 11.1 Å². The van der Waals surface area contributed by atoms with Gasteiger partial charge >= 0.3 is 0 Å². The topological polar surface area (TPSA) is 91.4 Å². The summed E-state index contributed by atoms with van der Waals surface area (Å²) < 4.78 is 9.54. The quantitative estimate of drug-likeness (QED) is 0.285. The van der Waals surface area contributed by atoms with E-state index in [1.807, 2.05) is 85.1 Å². The molecule has 6 aromatic rings. The van der Waals surface area contributed by atoms with Crippen molar-refractivity contribution in [3.63, 3.8) is 0 Å². The van der Waals surface area contributed by atoms with Crippen molar-refractivity contribution in [1.29, 1.82) is 0 Å². The highest BCUT2D eigenvalue weighted by Gasteiger charge is 2.16. The monoisotopic (exact) mass is 597 g/mol. The van der Waals surface area contributed by atoms with Crippen LogP contribution >= 0.6 is 27.3 Å². The van der Waals surface area contributed by atoms with E-state index in [4.69, 9.17) is 9.84 Å². The Morgan fingerprint density at radius 2 is 1.72 bits per heavy atom. The SMILES string of the molecule is COc1ccc(-c2nn(-c3ccccc3)cc2/C=c2\sc3nc(=O)c(Cc4ccccc4)nn3c2=O)cc1Br. The van der Waals surface area contributed by atoms with Crippen molar-refractivity contribution >= 4 is 38.3 Å². The standard InChI is InChI=1S/C29H20BrN5O3S/c1-38-24-13-12-19(15-22(24)30)26-20(17-34(33-26)21-10-6-3-7-11-21)16-25-28(37)35-29(39-25)31-27(36)23(32-35)14-18-8-4-2-5-9-18/h2-13,15-17H,14H2,1H3/b25-16-. The highest BCUT2D eigenvalue weighted by atomic mass is 79.9. The maximum atomic E-state index is 13.4. The van der Waals surface area contributed by atoms with E-state index in [1.165, 1.54) is 4.52 Å². The van der Waals surface area contributed by atoms with Gasteiger partial charge in [0.1, 0.15) is 17.1 Å². The minimum absolute atomic E-state index is 0.223. The number of aromatic nitrogens is 5. The van der Waals surface area contributed by atoms with Gasteiger partial charge in [0.05, 0.1) is 21.8 Å². The van der Waals surface area contributed by atoms with Crippen LogP contribution in [0.2, 0.25) is 0 Å². The maximum absolute atomic E-state index is 13.4. The molecule has 0 radical (unpaired) electrons. The van der Waals surface area contributed by atoms with Crippen LogP contribution in [0.4, 0.5) is 0 Å². The van der Waals surface area contributed by atoms with Gasteiger partial charge in [-0.3, -0.25) is 9.59 Å². The lowest BCUT2D eigenvalue weighted by Crippen LogP contribution is -2.28. The Labute approximate surface area is 234 Å². The van der Waals surface area contributed by atoms with Crippen molar-refractivity contribution in [2.45, 2.75) is 6.42 Å². The molecule has 3 aromatic heterocycles. The number of benzene rings is 3. The number of nitrogens with zero attached hydrogens (tertiary/aromatic N) is 5. The Morgan fingerprint density at radius 1 is 0.974 bits per heavy atom. The molecule has 0 spiro atoms. The summed E-state index contributed by atoms with van der Waals surface area (Å²) in [7, 11) is 1.61. The molecule has 0 unspecified atom stereocenters. The molecule has 3 heterocycles. The number of thiazole rings is 1. The maximum Gasteiger partial charge on any atom is 0.296 e. The summed E-state index contributed by atoms with van der Waals surface area (Å²) in [6, 6.07) is 24.9. The summed E-state index contributed by atoms with van der Waals surface area (Å²) in [6.45, 7) is 0. The van der Waals surface area contributed by atoms with Crippen molar-refractivity contribution in [2.75, 3.05) is 7.11 Å². The fourth-order valence-corrected chi connectivity index (χ4v) is 5.66. The molecular weight excluding hydrogens is 578 g/mol. The zero-order valence-electron chi connectivity index (χ0n) is 20.6. The molecular formula is C29H20BrN5O3S. The van der Waals surface area contributed by atoms with Crippen LogP contribution in [-0.2, 0) is 6.42 Å². The molecule has 3 aromatic carbocycles. The Hall–Kier alpha value is -4.41. The number of hydrogen-bond acceptors (Lipinski definition) is 7. The fraction of sp³-hybridized carbons (Fsp3) is 0.0690. The molecule has 10 heteroatoms. The van der Waals surface area contributed by atoms with Crippen molar-refractivity contribution in [2.24, 2.45) is 0 Å². The van der Waals surface area contributed by atoms with Gasteiger partial charge in [-0.25, -0.2) is 4.68 Å². The summed E-state index contributed by atoms with van der Waals surface area (Å²) >= 11 is 4.67. The largest absolute Gasteiger partial charge is 0.496 e. The average Bonchev–Trinajstić information content (AvgIpc) is 3.51. The minimum Gasteiger partial charge on any atom is -0.496 e. The molecule has 0 bridgehead atoms. The Morgan fingerprint density at radius 3 is 2.44 bits per heavy atom. The Bertz CT molecular complexity index is 1990. The first-order valence-corrected chi connectivity index (χ1v) is 13.6. The second-order valence-corrected chi connectivity index (χ2v) is 10.6. The van der Waals surface area contributed by atoms with Crippen LogP contribution in [0.1, 0.15) is 16.8 Å². The number of hydrogen-bond donors (Lipinski definition) is 0. The van der Waals surface area contributed by atoms with E-state index >= 15 is 0 Å². The van der Waals surface area contributed by atoms with Crippen LogP contribution in [0.15, 0.2) is 99.1 Å². The van der Waals surface area contributed by atoms with E-state index in [2.05, 4.69) is 26.0 Å². The lowest BCUT2D eigenvalue weighted by atomic mass is 10.1. The van der Waals surface area contributed by atoms with E-state index < -0.39 is 5.56 Å². The predicted molar refractivity (Wildman–Crippen MR) is 155 cm³/mol. The molecule has 8 nitrogen and oxygen atoms in total. The van der Waals surface area contributed by atoms with Crippen molar-refractivity contribution in [3.8, 4) is 22.7 Å². The first-order valence-electron chi connectivity index (χ1n) is 12.0. The zero-order chi connectivity index (χ0) is 26.9. The Kier molecular flexibility index (Phi) is 6.64. The molecule has 0 amide bonds. The molecule has 6 rings (SSSR count). The Balaban J connectivity index is 1.50. The number of para-hydroxylation sites is 1. The minimum atomic E-state index is -0.438. The molecule has 39 heavy (non-hydrogen) atoms. The van der Waals surface area contributed by atoms with E-state index in [9.17, 15) is 9.59 Å². The van der Waals surface area contributed by atoms with Crippen molar-refractivity contribution < 1.29 is 4.74 Å². The summed E-state index contributed by atoms with van der Waals surface area (Å²) in [6.07, 6.45) is 3.94. The first kappa shape index (κ1) is 24.9. The summed E-state index contributed by atoms with van der Waals surface area (Å²) in [5.41, 5.74) is 3.49. The van der Waals surface area contributed by atoms with Crippen LogP contribution in [0, 0.1) is 0 Å². The second-order valence-electron chi connectivity index (χ2n) is 8.70. The van der Waals surface area contributed by atoms with Gasteiger partial charge in [-0.15, -0.1) is 0 Å². The number of halogens is 1. The normalized spacial score (nSPS) is 11.8. The van der Waals surface area contributed by atoms with E-state index in [1.54, 1.807) is 17.9 Å². The number of rotatable bonds is 6. The average molecular weight is 598 g/mol. The summed E-state index contributed by atoms with van der Waals surface area (Å²) in [4.78, 5) is 30.5. The highest BCUT2D eigenvalue weighted by molar-refractivity contribution is 9.10. The lowest BCUT2D eigenvalue weighted by Gasteiger charge is -2.05.